The highest BCUT2D eigenvalue weighted by molar-refractivity contribution is 8.26. The molecule has 0 saturated carbocycles. The minimum atomic E-state index is -1.04. The minimum absolute atomic E-state index is 0.137. The van der Waals surface area contributed by atoms with E-state index < -0.39 is 12.6 Å². The van der Waals surface area contributed by atoms with Crippen molar-refractivity contribution < 1.29 is 28.9 Å². The van der Waals surface area contributed by atoms with Gasteiger partial charge in [-0.05, 0) is 47.9 Å². The van der Waals surface area contributed by atoms with Crippen molar-refractivity contribution in [2.75, 3.05) is 27.4 Å². The molecule has 7 nitrogen and oxygen atoms in total. The van der Waals surface area contributed by atoms with Gasteiger partial charge in [0, 0.05) is 6.54 Å². The molecular weight excluding hydrogens is 438 g/mol. The Morgan fingerprint density at radius 3 is 2.48 bits per heavy atom. The molecule has 2 aromatic carbocycles. The number of carbonyl (C=O) groups excluding carboxylic acids is 1. The van der Waals surface area contributed by atoms with Gasteiger partial charge in [-0.25, -0.2) is 4.79 Å². The Bertz CT molecular complexity index is 1020. The molecule has 2 aromatic rings. The van der Waals surface area contributed by atoms with Gasteiger partial charge in [0.15, 0.2) is 18.1 Å². The van der Waals surface area contributed by atoms with Crippen LogP contribution in [0.3, 0.4) is 0 Å². The molecule has 1 saturated heterocycles. The van der Waals surface area contributed by atoms with Crippen LogP contribution < -0.4 is 14.2 Å². The second kappa shape index (κ2) is 10.3. The zero-order chi connectivity index (χ0) is 22.4. The van der Waals surface area contributed by atoms with Gasteiger partial charge in [0.05, 0.1) is 19.1 Å². The molecule has 0 aliphatic carbocycles. The number of amides is 1. The van der Waals surface area contributed by atoms with E-state index >= 15 is 0 Å². The molecule has 1 N–H and O–H groups in total. The number of ether oxygens (including phenoxy) is 3. The fraction of sp³-hybridized carbons (Fsp3) is 0.227. The summed E-state index contributed by atoms with van der Waals surface area (Å²) in [6.45, 7) is 0.0531. The van der Waals surface area contributed by atoms with Crippen molar-refractivity contribution in [2.24, 2.45) is 0 Å². The Labute approximate surface area is 189 Å². The van der Waals surface area contributed by atoms with Crippen LogP contribution in [0.2, 0.25) is 0 Å². The van der Waals surface area contributed by atoms with Gasteiger partial charge < -0.3 is 19.3 Å². The van der Waals surface area contributed by atoms with E-state index in [0.29, 0.717) is 39.4 Å². The molecule has 0 atom stereocenters. The van der Waals surface area contributed by atoms with Gasteiger partial charge in [-0.1, -0.05) is 42.2 Å². The Hall–Kier alpha value is -3.04. The van der Waals surface area contributed by atoms with Crippen LogP contribution in [0.15, 0.2) is 47.4 Å². The number of carboxylic acids is 1. The van der Waals surface area contributed by atoms with Gasteiger partial charge in [0.25, 0.3) is 5.91 Å². The minimum Gasteiger partial charge on any atom is -0.493 e. The third-order valence-corrected chi connectivity index (χ3v) is 5.86. The summed E-state index contributed by atoms with van der Waals surface area (Å²) in [4.78, 5) is 25.5. The fourth-order valence-corrected chi connectivity index (χ4v) is 4.24. The largest absolute Gasteiger partial charge is 0.493 e. The van der Waals surface area contributed by atoms with Crippen molar-refractivity contribution in [1.82, 2.24) is 4.90 Å². The number of thioether (sulfide) groups is 1. The van der Waals surface area contributed by atoms with Gasteiger partial charge in [-0.15, -0.1) is 0 Å². The molecule has 1 amide bonds. The van der Waals surface area contributed by atoms with E-state index in [4.69, 9.17) is 31.5 Å². The van der Waals surface area contributed by atoms with Crippen LogP contribution in [0.25, 0.3) is 6.08 Å². The third kappa shape index (κ3) is 5.77. The second-order valence-corrected chi connectivity index (χ2v) is 8.20. The van der Waals surface area contributed by atoms with E-state index in [1.165, 1.54) is 11.8 Å². The zero-order valence-corrected chi connectivity index (χ0v) is 18.6. The van der Waals surface area contributed by atoms with Crippen LogP contribution >= 0.6 is 24.0 Å². The van der Waals surface area contributed by atoms with E-state index in [2.05, 4.69) is 0 Å². The SMILES string of the molecule is COc1ccc(CCN2C(=O)/C(=C\c3ccc(OCC(=O)O)cc3)SC2=S)cc1OC. The smallest absolute Gasteiger partial charge is 0.341 e. The van der Waals surface area contributed by atoms with Crippen molar-refractivity contribution in [1.29, 1.82) is 0 Å². The van der Waals surface area contributed by atoms with Crippen LogP contribution in [0, 0.1) is 0 Å². The lowest BCUT2D eigenvalue weighted by molar-refractivity contribution is -0.139. The summed E-state index contributed by atoms with van der Waals surface area (Å²) in [5.74, 6) is 0.560. The van der Waals surface area contributed by atoms with E-state index in [0.717, 1.165) is 11.1 Å². The van der Waals surface area contributed by atoms with Crippen molar-refractivity contribution >= 4 is 46.3 Å². The number of hydrogen-bond acceptors (Lipinski definition) is 7. The predicted molar refractivity (Wildman–Crippen MR) is 123 cm³/mol. The van der Waals surface area contributed by atoms with Gasteiger partial charge in [-0.2, -0.15) is 0 Å². The van der Waals surface area contributed by atoms with Gasteiger partial charge in [-0.3, -0.25) is 9.69 Å². The molecule has 1 fully saturated rings. The molecule has 9 heteroatoms. The Balaban J connectivity index is 1.64. The highest BCUT2D eigenvalue weighted by atomic mass is 32.2. The number of hydrogen-bond donors (Lipinski definition) is 1. The molecule has 31 heavy (non-hydrogen) atoms. The molecule has 1 aliphatic heterocycles. The summed E-state index contributed by atoms with van der Waals surface area (Å²) in [7, 11) is 3.17. The Morgan fingerprint density at radius 2 is 1.84 bits per heavy atom. The molecule has 1 aliphatic rings. The van der Waals surface area contributed by atoms with Crippen molar-refractivity contribution in [3.63, 3.8) is 0 Å². The molecule has 0 spiro atoms. The van der Waals surface area contributed by atoms with Crippen LogP contribution in [-0.2, 0) is 16.0 Å². The fourth-order valence-electron chi connectivity index (χ4n) is 2.93. The molecule has 0 bridgehead atoms. The monoisotopic (exact) mass is 459 g/mol. The lowest BCUT2D eigenvalue weighted by atomic mass is 10.1. The van der Waals surface area contributed by atoms with Crippen LogP contribution in [0.5, 0.6) is 17.2 Å². The highest BCUT2D eigenvalue weighted by Crippen LogP contribution is 2.33. The highest BCUT2D eigenvalue weighted by Gasteiger charge is 2.31. The van der Waals surface area contributed by atoms with Crippen molar-refractivity contribution in [3.8, 4) is 17.2 Å². The summed E-state index contributed by atoms with van der Waals surface area (Å²) >= 11 is 6.66. The van der Waals surface area contributed by atoms with Crippen molar-refractivity contribution in [3.05, 3.63) is 58.5 Å². The predicted octanol–water partition coefficient (Wildman–Crippen LogP) is 3.61. The van der Waals surface area contributed by atoms with E-state index in [-0.39, 0.29) is 5.91 Å². The number of carboxylic acid groups (broad SMARTS) is 1. The molecule has 0 unspecified atom stereocenters. The second-order valence-electron chi connectivity index (χ2n) is 6.52. The van der Waals surface area contributed by atoms with Crippen molar-refractivity contribution in [2.45, 2.75) is 6.42 Å². The maximum Gasteiger partial charge on any atom is 0.341 e. The standard InChI is InChI=1S/C22H21NO6S2/c1-27-17-8-5-15(11-18(17)28-2)9-10-23-21(26)19(31-22(23)30)12-14-3-6-16(7-4-14)29-13-20(24)25/h3-8,11-12H,9-10,13H2,1-2H3,(H,24,25)/b19-12+. The van der Waals surface area contributed by atoms with Gasteiger partial charge in [0.2, 0.25) is 0 Å². The van der Waals surface area contributed by atoms with Gasteiger partial charge >= 0.3 is 5.97 Å². The number of thiocarbonyl (C=S) groups is 1. The molecule has 162 valence electrons. The first kappa shape index (κ1) is 22.6. The normalized spacial score (nSPS) is 14.8. The summed E-state index contributed by atoms with van der Waals surface area (Å²) in [6.07, 6.45) is 2.38. The van der Waals surface area contributed by atoms with Crippen LogP contribution in [-0.4, -0.2) is 53.6 Å². The molecule has 0 aromatic heterocycles. The maximum atomic E-state index is 12.8. The molecule has 3 rings (SSSR count). The Morgan fingerprint density at radius 1 is 1.13 bits per heavy atom. The topological polar surface area (TPSA) is 85.3 Å². The molecule has 0 radical (unpaired) electrons. The summed E-state index contributed by atoms with van der Waals surface area (Å²) < 4.78 is 16.2. The number of benzene rings is 2. The Kier molecular flexibility index (Phi) is 7.54. The van der Waals surface area contributed by atoms with E-state index in [9.17, 15) is 9.59 Å². The number of nitrogens with zero attached hydrogens (tertiary/aromatic N) is 1. The first-order chi connectivity index (χ1) is 14.9. The summed E-state index contributed by atoms with van der Waals surface area (Å²) in [5, 5.41) is 8.66. The van der Waals surface area contributed by atoms with E-state index in [1.54, 1.807) is 49.5 Å². The lowest BCUT2D eigenvalue weighted by Crippen LogP contribution is -2.30. The number of carbonyl (C=O) groups is 2. The average molecular weight is 460 g/mol. The lowest BCUT2D eigenvalue weighted by Gasteiger charge is -2.15. The third-order valence-electron chi connectivity index (χ3n) is 4.49. The number of methoxy groups -OCH3 is 2. The van der Waals surface area contributed by atoms with Crippen LogP contribution in [0.1, 0.15) is 11.1 Å². The quantitative estimate of drug-likeness (QED) is 0.450. The summed E-state index contributed by atoms with van der Waals surface area (Å²) in [5.41, 5.74) is 1.80. The zero-order valence-electron chi connectivity index (χ0n) is 17.0. The number of rotatable bonds is 9. The van der Waals surface area contributed by atoms with Crippen LogP contribution in [0.4, 0.5) is 0 Å². The summed E-state index contributed by atoms with van der Waals surface area (Å²) in [6, 6.07) is 12.5. The van der Waals surface area contributed by atoms with E-state index in [1.807, 2.05) is 18.2 Å². The molecular formula is C22H21NO6S2. The first-order valence-corrected chi connectivity index (χ1v) is 10.5. The maximum absolute atomic E-state index is 12.8. The van der Waals surface area contributed by atoms with Gasteiger partial charge in [0.1, 0.15) is 10.1 Å². The first-order valence-electron chi connectivity index (χ1n) is 9.32. The average Bonchev–Trinajstić information content (AvgIpc) is 3.03. The molecule has 1 heterocycles. The number of aliphatic carboxylic acids is 1.